The van der Waals surface area contributed by atoms with E-state index in [0.29, 0.717) is 24.7 Å². The molecular formula is C20H26N4O3S. The van der Waals surface area contributed by atoms with Crippen molar-refractivity contribution in [2.75, 3.05) is 42.1 Å². The summed E-state index contributed by atoms with van der Waals surface area (Å²) in [5.41, 5.74) is 2.48. The number of para-hydroxylation sites is 1. The van der Waals surface area contributed by atoms with E-state index < -0.39 is 0 Å². The molecule has 1 aliphatic rings. The van der Waals surface area contributed by atoms with Gasteiger partial charge in [0.2, 0.25) is 11.8 Å². The second-order valence-electron chi connectivity index (χ2n) is 6.92. The number of aromatic nitrogens is 1. The summed E-state index contributed by atoms with van der Waals surface area (Å²) in [6, 6.07) is 9.98. The Balaban J connectivity index is 1.43. The van der Waals surface area contributed by atoms with Gasteiger partial charge < -0.3 is 19.6 Å². The molecule has 2 amide bonds. The van der Waals surface area contributed by atoms with Gasteiger partial charge in [0, 0.05) is 37.9 Å². The average molecular weight is 403 g/mol. The Hall–Kier alpha value is -2.48. The maximum Gasteiger partial charge on any atom is 0.238 e. The van der Waals surface area contributed by atoms with Crippen LogP contribution in [-0.4, -0.2) is 59.1 Å². The van der Waals surface area contributed by atoms with Crippen LogP contribution in [-0.2, 0) is 9.59 Å². The molecule has 0 spiro atoms. The van der Waals surface area contributed by atoms with Crippen molar-refractivity contribution in [3.05, 3.63) is 41.7 Å². The summed E-state index contributed by atoms with van der Waals surface area (Å²) >= 11 is 1.34. The van der Waals surface area contributed by atoms with E-state index in [2.05, 4.69) is 34.4 Å². The van der Waals surface area contributed by atoms with E-state index >= 15 is 0 Å². The zero-order chi connectivity index (χ0) is 20.1. The first-order chi connectivity index (χ1) is 13.4. The Kier molecular flexibility index (Phi) is 6.61. The molecular weight excluding hydrogens is 376 g/mol. The normalized spacial score (nSPS) is 15.4. The second-order valence-corrected chi connectivity index (χ2v) is 8.25. The molecule has 150 valence electrons. The number of piperazine rings is 1. The number of nitrogens with zero attached hydrogens (tertiary/aromatic N) is 3. The van der Waals surface area contributed by atoms with Gasteiger partial charge in [-0.05, 0) is 32.4 Å². The number of anilines is 2. The largest absolute Gasteiger partial charge is 0.368 e. The third-order valence-corrected chi connectivity index (χ3v) is 5.92. The fourth-order valence-corrected chi connectivity index (χ4v) is 3.92. The number of nitrogens with one attached hydrogen (secondary N) is 1. The predicted octanol–water partition coefficient (Wildman–Crippen LogP) is 2.70. The van der Waals surface area contributed by atoms with Crippen LogP contribution in [0.3, 0.4) is 0 Å². The number of amides is 2. The van der Waals surface area contributed by atoms with Crippen LogP contribution < -0.4 is 10.2 Å². The van der Waals surface area contributed by atoms with Gasteiger partial charge in [0.25, 0.3) is 0 Å². The van der Waals surface area contributed by atoms with Gasteiger partial charge in [0.05, 0.1) is 11.0 Å². The Morgan fingerprint density at radius 3 is 2.57 bits per heavy atom. The van der Waals surface area contributed by atoms with Crippen molar-refractivity contribution >= 4 is 35.1 Å². The summed E-state index contributed by atoms with van der Waals surface area (Å²) in [6.07, 6.45) is 0. The van der Waals surface area contributed by atoms with E-state index in [-0.39, 0.29) is 22.8 Å². The van der Waals surface area contributed by atoms with Crippen molar-refractivity contribution in [2.45, 2.75) is 26.0 Å². The van der Waals surface area contributed by atoms with Gasteiger partial charge >= 0.3 is 0 Å². The molecule has 2 heterocycles. The first-order valence-corrected chi connectivity index (χ1v) is 10.4. The van der Waals surface area contributed by atoms with E-state index in [1.807, 2.05) is 17.0 Å². The van der Waals surface area contributed by atoms with E-state index in [0.717, 1.165) is 13.1 Å². The number of carbonyl (C=O) groups is 2. The highest BCUT2D eigenvalue weighted by atomic mass is 32.2. The van der Waals surface area contributed by atoms with E-state index in [1.54, 1.807) is 19.9 Å². The first kappa shape index (κ1) is 20.3. The van der Waals surface area contributed by atoms with Gasteiger partial charge in [0.15, 0.2) is 5.82 Å². The molecule has 7 nitrogen and oxygen atoms in total. The van der Waals surface area contributed by atoms with Crippen LogP contribution in [0.2, 0.25) is 0 Å². The Bertz CT molecular complexity index is 830. The van der Waals surface area contributed by atoms with Gasteiger partial charge in [-0.15, -0.1) is 11.8 Å². The van der Waals surface area contributed by atoms with Crippen LogP contribution in [0.5, 0.6) is 0 Å². The lowest BCUT2D eigenvalue weighted by Crippen LogP contribution is -2.49. The SMILES string of the molecule is Cc1cc(NC(=O)[C@@H](C)SCC(=O)N2CCN(c3ccccc3C)CC2)no1. The molecule has 28 heavy (non-hydrogen) atoms. The lowest BCUT2D eigenvalue weighted by molar-refractivity contribution is -0.128. The summed E-state index contributed by atoms with van der Waals surface area (Å²) < 4.78 is 4.93. The van der Waals surface area contributed by atoms with E-state index in [1.165, 1.54) is 23.0 Å². The van der Waals surface area contributed by atoms with Gasteiger partial charge in [0.1, 0.15) is 5.76 Å². The minimum Gasteiger partial charge on any atom is -0.368 e. The molecule has 0 bridgehead atoms. The fourth-order valence-electron chi connectivity index (χ4n) is 3.13. The highest BCUT2D eigenvalue weighted by molar-refractivity contribution is 8.01. The molecule has 8 heteroatoms. The number of aryl methyl sites for hydroxylation is 2. The quantitative estimate of drug-likeness (QED) is 0.800. The lowest BCUT2D eigenvalue weighted by Gasteiger charge is -2.36. The van der Waals surface area contributed by atoms with Crippen LogP contribution >= 0.6 is 11.8 Å². The van der Waals surface area contributed by atoms with Gasteiger partial charge in [-0.3, -0.25) is 9.59 Å². The minimum atomic E-state index is -0.353. The van der Waals surface area contributed by atoms with Crippen molar-refractivity contribution in [1.82, 2.24) is 10.1 Å². The second kappa shape index (κ2) is 9.14. The third kappa shape index (κ3) is 5.07. The van der Waals surface area contributed by atoms with Crippen LogP contribution in [0.15, 0.2) is 34.9 Å². The van der Waals surface area contributed by atoms with Gasteiger partial charge in [-0.25, -0.2) is 0 Å². The topological polar surface area (TPSA) is 78.7 Å². The average Bonchev–Trinajstić information content (AvgIpc) is 3.11. The zero-order valence-corrected chi connectivity index (χ0v) is 17.3. The molecule has 1 aromatic heterocycles. The van der Waals surface area contributed by atoms with Crippen LogP contribution in [0.4, 0.5) is 11.5 Å². The van der Waals surface area contributed by atoms with Crippen LogP contribution in [0, 0.1) is 13.8 Å². The van der Waals surface area contributed by atoms with E-state index in [9.17, 15) is 9.59 Å². The molecule has 2 aromatic rings. The number of benzene rings is 1. The van der Waals surface area contributed by atoms with Crippen molar-refractivity contribution in [3.63, 3.8) is 0 Å². The van der Waals surface area contributed by atoms with Gasteiger partial charge in [-0.1, -0.05) is 23.4 Å². The van der Waals surface area contributed by atoms with Gasteiger partial charge in [-0.2, -0.15) is 0 Å². The Morgan fingerprint density at radius 1 is 1.21 bits per heavy atom. The van der Waals surface area contributed by atoms with Crippen LogP contribution in [0.1, 0.15) is 18.2 Å². The molecule has 1 saturated heterocycles. The number of hydrogen-bond acceptors (Lipinski definition) is 6. The molecule has 3 rings (SSSR count). The number of thioether (sulfide) groups is 1. The summed E-state index contributed by atoms with van der Waals surface area (Å²) in [4.78, 5) is 28.9. The Morgan fingerprint density at radius 2 is 1.93 bits per heavy atom. The van der Waals surface area contributed by atoms with Crippen molar-refractivity contribution < 1.29 is 14.1 Å². The third-order valence-electron chi connectivity index (χ3n) is 4.79. The monoisotopic (exact) mass is 402 g/mol. The molecule has 1 aliphatic heterocycles. The minimum absolute atomic E-state index is 0.0753. The lowest BCUT2D eigenvalue weighted by atomic mass is 10.1. The fraction of sp³-hybridized carbons (Fsp3) is 0.450. The molecule has 0 radical (unpaired) electrons. The molecule has 1 N–H and O–H groups in total. The van der Waals surface area contributed by atoms with Crippen molar-refractivity contribution in [1.29, 1.82) is 0 Å². The molecule has 1 fully saturated rings. The highest BCUT2D eigenvalue weighted by Crippen LogP contribution is 2.21. The van der Waals surface area contributed by atoms with Crippen molar-refractivity contribution in [3.8, 4) is 0 Å². The summed E-state index contributed by atoms with van der Waals surface area (Å²) in [5, 5.41) is 6.10. The number of rotatable bonds is 6. The van der Waals surface area contributed by atoms with Crippen LogP contribution in [0.25, 0.3) is 0 Å². The summed E-state index contributed by atoms with van der Waals surface area (Å²) in [5.74, 6) is 1.21. The standard InChI is InChI=1S/C20H26N4O3S/c1-14-6-4-5-7-17(14)23-8-10-24(11-9-23)19(25)13-28-16(3)20(26)21-18-12-15(2)27-22-18/h4-7,12,16H,8-11,13H2,1-3H3,(H,21,22,26)/t16-/m1/s1. The number of hydrogen-bond donors (Lipinski definition) is 1. The maximum absolute atomic E-state index is 12.5. The summed E-state index contributed by atoms with van der Waals surface area (Å²) in [6.45, 7) is 8.70. The maximum atomic E-state index is 12.5. The molecule has 1 aromatic carbocycles. The molecule has 0 unspecified atom stereocenters. The molecule has 0 aliphatic carbocycles. The first-order valence-electron chi connectivity index (χ1n) is 9.38. The molecule has 1 atom stereocenters. The van der Waals surface area contributed by atoms with Crippen molar-refractivity contribution in [2.24, 2.45) is 0 Å². The van der Waals surface area contributed by atoms with E-state index in [4.69, 9.17) is 4.52 Å². The highest BCUT2D eigenvalue weighted by Gasteiger charge is 2.23. The zero-order valence-electron chi connectivity index (χ0n) is 16.5. The summed E-state index contributed by atoms with van der Waals surface area (Å²) in [7, 11) is 0. The predicted molar refractivity (Wildman–Crippen MR) is 112 cm³/mol. The smallest absolute Gasteiger partial charge is 0.238 e. The Labute approximate surface area is 169 Å². The molecule has 0 saturated carbocycles. The number of carbonyl (C=O) groups excluding carboxylic acids is 2.